The largest absolute Gasteiger partial charge is 0.330 e. The minimum atomic E-state index is -1.58. The van der Waals surface area contributed by atoms with Crippen LogP contribution in [0.5, 0.6) is 0 Å². The van der Waals surface area contributed by atoms with Crippen molar-refractivity contribution in [3.63, 3.8) is 0 Å². The molecule has 0 radical (unpaired) electrons. The zero-order valence-electron chi connectivity index (χ0n) is 11.1. The average molecular weight is 271 g/mol. The zero-order chi connectivity index (χ0) is 14.8. The number of carbonyl (C=O) groups is 1. The fraction of sp³-hybridized carbons (Fsp3) is 0.357. The predicted octanol–water partition coefficient (Wildman–Crippen LogP) is 3.53. The van der Waals surface area contributed by atoms with Crippen LogP contribution >= 0.6 is 0 Å². The van der Waals surface area contributed by atoms with E-state index in [1.807, 2.05) is 0 Å². The lowest BCUT2D eigenvalue weighted by Crippen LogP contribution is -2.45. The Hall–Kier alpha value is -1.78. The van der Waals surface area contributed by atoms with Gasteiger partial charge in [0, 0.05) is 17.6 Å². The number of halogens is 3. The molecule has 1 amide bonds. The Kier molecular flexibility index (Phi) is 4.39. The van der Waals surface area contributed by atoms with E-state index in [-0.39, 0.29) is 12.1 Å². The standard InChI is InChI=1S/C14H16F3NO/c1-5-6-18(14(2,3)4)13(19)9-7-10(15)12(17)11(16)8-9/h5,7-8H,1,6H2,2-4H3. The second-order valence-corrected chi connectivity index (χ2v) is 5.13. The Labute approximate surface area is 110 Å². The summed E-state index contributed by atoms with van der Waals surface area (Å²) in [6, 6.07) is 1.39. The highest BCUT2D eigenvalue weighted by Gasteiger charge is 2.27. The summed E-state index contributed by atoms with van der Waals surface area (Å²) in [6.45, 7) is 9.11. The first-order chi connectivity index (χ1) is 8.68. The maximum Gasteiger partial charge on any atom is 0.254 e. The third-order valence-electron chi connectivity index (χ3n) is 2.60. The summed E-state index contributed by atoms with van der Waals surface area (Å²) in [5.74, 6) is -4.92. The molecule has 0 saturated heterocycles. The summed E-state index contributed by atoms with van der Waals surface area (Å²) in [7, 11) is 0. The Balaban J connectivity index is 3.21. The maximum absolute atomic E-state index is 13.1. The van der Waals surface area contributed by atoms with Crippen molar-refractivity contribution >= 4 is 5.91 Å². The van der Waals surface area contributed by atoms with E-state index in [4.69, 9.17) is 0 Å². The van der Waals surface area contributed by atoms with Crippen LogP contribution in [0.3, 0.4) is 0 Å². The normalized spacial score (nSPS) is 11.3. The summed E-state index contributed by atoms with van der Waals surface area (Å²) < 4.78 is 39.1. The number of rotatable bonds is 3. The third kappa shape index (κ3) is 3.36. The van der Waals surface area contributed by atoms with Crippen LogP contribution in [0.15, 0.2) is 24.8 Å². The van der Waals surface area contributed by atoms with Crippen LogP contribution in [0.1, 0.15) is 31.1 Å². The van der Waals surface area contributed by atoms with Crippen molar-refractivity contribution in [3.05, 3.63) is 47.8 Å². The molecule has 0 atom stereocenters. The SMILES string of the molecule is C=CCN(C(=O)c1cc(F)c(F)c(F)c1)C(C)(C)C. The molecule has 1 aromatic carbocycles. The summed E-state index contributed by atoms with van der Waals surface area (Å²) in [5, 5.41) is 0. The van der Waals surface area contributed by atoms with Gasteiger partial charge in [0.1, 0.15) is 0 Å². The number of hydrogen-bond acceptors (Lipinski definition) is 1. The zero-order valence-corrected chi connectivity index (χ0v) is 11.1. The smallest absolute Gasteiger partial charge is 0.254 e. The molecule has 0 unspecified atom stereocenters. The Morgan fingerprint density at radius 1 is 1.26 bits per heavy atom. The van der Waals surface area contributed by atoms with Crippen molar-refractivity contribution in [2.45, 2.75) is 26.3 Å². The molecule has 0 aliphatic rings. The molecule has 0 bridgehead atoms. The van der Waals surface area contributed by atoms with E-state index in [2.05, 4.69) is 6.58 Å². The van der Waals surface area contributed by atoms with E-state index < -0.39 is 28.9 Å². The van der Waals surface area contributed by atoms with Crippen LogP contribution < -0.4 is 0 Å². The molecule has 0 heterocycles. The van der Waals surface area contributed by atoms with Crippen LogP contribution in [0.25, 0.3) is 0 Å². The number of nitrogens with zero attached hydrogens (tertiary/aromatic N) is 1. The first-order valence-corrected chi connectivity index (χ1v) is 5.76. The third-order valence-corrected chi connectivity index (χ3v) is 2.60. The van der Waals surface area contributed by atoms with Gasteiger partial charge in [-0.25, -0.2) is 13.2 Å². The van der Waals surface area contributed by atoms with Gasteiger partial charge in [0.05, 0.1) is 0 Å². The van der Waals surface area contributed by atoms with E-state index in [0.29, 0.717) is 12.1 Å². The monoisotopic (exact) mass is 271 g/mol. The number of benzene rings is 1. The summed E-state index contributed by atoms with van der Waals surface area (Å²) in [5.41, 5.74) is -0.778. The van der Waals surface area contributed by atoms with Crippen molar-refractivity contribution in [1.29, 1.82) is 0 Å². The molecule has 1 aromatic rings. The van der Waals surface area contributed by atoms with Gasteiger partial charge in [0.15, 0.2) is 17.5 Å². The highest BCUT2D eigenvalue weighted by Crippen LogP contribution is 2.20. The molecule has 0 spiro atoms. The molecule has 1 rings (SSSR count). The Morgan fingerprint density at radius 2 is 1.74 bits per heavy atom. The molecule has 0 saturated carbocycles. The molecule has 5 heteroatoms. The maximum atomic E-state index is 13.1. The topological polar surface area (TPSA) is 20.3 Å². The van der Waals surface area contributed by atoms with Gasteiger partial charge in [-0.15, -0.1) is 6.58 Å². The summed E-state index contributed by atoms with van der Waals surface area (Å²) >= 11 is 0. The fourth-order valence-corrected chi connectivity index (χ4v) is 1.63. The van der Waals surface area contributed by atoms with Gasteiger partial charge >= 0.3 is 0 Å². The fourth-order valence-electron chi connectivity index (χ4n) is 1.63. The lowest BCUT2D eigenvalue weighted by atomic mass is 10.0. The second-order valence-electron chi connectivity index (χ2n) is 5.13. The van der Waals surface area contributed by atoms with E-state index in [0.717, 1.165) is 0 Å². The molecule has 104 valence electrons. The Bertz CT molecular complexity index is 483. The quantitative estimate of drug-likeness (QED) is 0.608. The average Bonchev–Trinajstić information content (AvgIpc) is 2.30. The molecule has 0 aliphatic carbocycles. The van der Waals surface area contributed by atoms with E-state index >= 15 is 0 Å². The lowest BCUT2D eigenvalue weighted by molar-refractivity contribution is 0.0615. The predicted molar refractivity (Wildman–Crippen MR) is 67.3 cm³/mol. The van der Waals surface area contributed by atoms with Crippen LogP contribution in [0, 0.1) is 17.5 Å². The molecule has 19 heavy (non-hydrogen) atoms. The van der Waals surface area contributed by atoms with Gasteiger partial charge in [-0.05, 0) is 32.9 Å². The number of carbonyl (C=O) groups excluding carboxylic acids is 1. The summed E-state index contributed by atoms with van der Waals surface area (Å²) in [6.07, 6.45) is 1.51. The van der Waals surface area contributed by atoms with Gasteiger partial charge in [-0.1, -0.05) is 6.08 Å². The van der Waals surface area contributed by atoms with Gasteiger partial charge in [-0.3, -0.25) is 4.79 Å². The van der Waals surface area contributed by atoms with Crippen LogP contribution in [-0.4, -0.2) is 22.9 Å². The molecule has 0 N–H and O–H groups in total. The lowest BCUT2D eigenvalue weighted by Gasteiger charge is -2.35. The molecule has 0 aromatic heterocycles. The minimum Gasteiger partial charge on any atom is -0.330 e. The molecule has 2 nitrogen and oxygen atoms in total. The van der Waals surface area contributed by atoms with Crippen LogP contribution in [0.4, 0.5) is 13.2 Å². The van der Waals surface area contributed by atoms with Gasteiger partial charge in [0.25, 0.3) is 5.91 Å². The van der Waals surface area contributed by atoms with Crippen molar-refractivity contribution in [2.24, 2.45) is 0 Å². The molecule has 0 fully saturated rings. The first-order valence-electron chi connectivity index (χ1n) is 5.76. The van der Waals surface area contributed by atoms with Gasteiger partial charge in [-0.2, -0.15) is 0 Å². The van der Waals surface area contributed by atoms with Gasteiger partial charge in [0.2, 0.25) is 0 Å². The van der Waals surface area contributed by atoms with Crippen molar-refractivity contribution in [2.75, 3.05) is 6.54 Å². The second kappa shape index (κ2) is 5.47. The Morgan fingerprint density at radius 3 is 2.11 bits per heavy atom. The number of amides is 1. The van der Waals surface area contributed by atoms with Crippen LogP contribution in [-0.2, 0) is 0 Å². The molecular formula is C14H16F3NO. The first kappa shape index (κ1) is 15.3. The highest BCUT2D eigenvalue weighted by molar-refractivity contribution is 5.94. The van der Waals surface area contributed by atoms with Crippen molar-refractivity contribution < 1.29 is 18.0 Å². The molecular weight excluding hydrogens is 255 g/mol. The van der Waals surface area contributed by atoms with Crippen LogP contribution in [0.2, 0.25) is 0 Å². The van der Waals surface area contributed by atoms with E-state index in [1.54, 1.807) is 20.8 Å². The highest BCUT2D eigenvalue weighted by atomic mass is 19.2. The van der Waals surface area contributed by atoms with Gasteiger partial charge < -0.3 is 4.90 Å². The molecule has 0 aliphatic heterocycles. The minimum absolute atomic E-state index is 0.225. The van der Waals surface area contributed by atoms with Crippen molar-refractivity contribution in [1.82, 2.24) is 4.90 Å². The summed E-state index contributed by atoms with van der Waals surface area (Å²) in [4.78, 5) is 13.6. The van der Waals surface area contributed by atoms with E-state index in [9.17, 15) is 18.0 Å². The number of hydrogen-bond donors (Lipinski definition) is 0. The van der Waals surface area contributed by atoms with E-state index in [1.165, 1.54) is 11.0 Å². The van der Waals surface area contributed by atoms with Crippen molar-refractivity contribution in [3.8, 4) is 0 Å².